The number of rotatable bonds is 5. The smallest absolute Gasteiger partial charge is 0.273 e. The molecule has 0 saturated heterocycles. The van der Waals surface area contributed by atoms with Crippen LogP contribution in [0.4, 0.5) is 0 Å². The van der Waals surface area contributed by atoms with Gasteiger partial charge in [0, 0.05) is 6.54 Å². The predicted octanol–water partition coefficient (Wildman–Crippen LogP) is -0.856. The first kappa shape index (κ1) is 9.66. The molecule has 1 heterocycles. The highest BCUT2D eigenvalue weighted by Crippen LogP contribution is 1.87. The van der Waals surface area contributed by atoms with Crippen molar-refractivity contribution >= 4 is 5.91 Å². The Balaban J connectivity index is 2.19. The fraction of sp³-hybridized carbons (Fsp3) is 0.571. The summed E-state index contributed by atoms with van der Waals surface area (Å²) in [6.45, 7) is 1.53. The first-order valence-electron chi connectivity index (χ1n) is 4.13. The molecule has 6 nitrogen and oxygen atoms in total. The highest BCUT2D eigenvalue weighted by atomic mass is 16.1. The van der Waals surface area contributed by atoms with Crippen LogP contribution in [0.5, 0.6) is 0 Å². The highest BCUT2D eigenvalue weighted by Gasteiger charge is 2.06. The van der Waals surface area contributed by atoms with Gasteiger partial charge in [-0.25, -0.2) is 0 Å². The molecule has 3 N–H and O–H groups in total. The van der Waals surface area contributed by atoms with E-state index >= 15 is 0 Å². The van der Waals surface area contributed by atoms with Gasteiger partial charge in [-0.1, -0.05) is 0 Å². The molecule has 1 rings (SSSR count). The van der Waals surface area contributed by atoms with Crippen molar-refractivity contribution in [3.63, 3.8) is 0 Å². The average molecular weight is 183 g/mol. The number of amides is 1. The van der Waals surface area contributed by atoms with Gasteiger partial charge in [0.05, 0.1) is 6.20 Å². The fourth-order valence-electron chi connectivity index (χ4n) is 0.869. The van der Waals surface area contributed by atoms with Gasteiger partial charge in [0.1, 0.15) is 0 Å². The molecular formula is C7H13N5O. The van der Waals surface area contributed by atoms with Crippen molar-refractivity contribution in [1.29, 1.82) is 0 Å². The number of nitrogens with one attached hydrogen (secondary N) is 3. The summed E-state index contributed by atoms with van der Waals surface area (Å²) in [7, 11) is 1.87. The Labute approximate surface area is 76.1 Å². The van der Waals surface area contributed by atoms with E-state index in [1.165, 1.54) is 6.20 Å². The molecule has 0 aliphatic rings. The molecule has 72 valence electrons. The minimum atomic E-state index is -0.190. The molecule has 0 unspecified atom stereocenters. The van der Waals surface area contributed by atoms with Gasteiger partial charge in [-0.15, -0.1) is 0 Å². The van der Waals surface area contributed by atoms with Gasteiger partial charge in [-0.3, -0.25) is 4.79 Å². The van der Waals surface area contributed by atoms with Crippen molar-refractivity contribution in [2.24, 2.45) is 0 Å². The second kappa shape index (κ2) is 5.26. The Morgan fingerprint density at radius 1 is 1.62 bits per heavy atom. The molecule has 6 heteroatoms. The summed E-state index contributed by atoms with van der Waals surface area (Å²) in [5.74, 6) is -0.190. The molecule has 0 spiro atoms. The molecule has 0 radical (unpaired) electrons. The second-order valence-corrected chi connectivity index (χ2v) is 2.57. The normalized spacial score (nSPS) is 9.92. The van der Waals surface area contributed by atoms with Gasteiger partial charge in [0.25, 0.3) is 5.91 Å². The number of aromatic amines is 1. The van der Waals surface area contributed by atoms with E-state index in [-0.39, 0.29) is 5.91 Å². The van der Waals surface area contributed by atoms with Gasteiger partial charge >= 0.3 is 0 Å². The van der Waals surface area contributed by atoms with Gasteiger partial charge < -0.3 is 10.6 Å². The summed E-state index contributed by atoms with van der Waals surface area (Å²) in [5, 5.41) is 15.3. The van der Waals surface area contributed by atoms with E-state index in [0.717, 1.165) is 13.0 Å². The van der Waals surface area contributed by atoms with Crippen LogP contribution in [0.1, 0.15) is 16.9 Å². The van der Waals surface area contributed by atoms with Crippen molar-refractivity contribution in [3.05, 3.63) is 11.9 Å². The topological polar surface area (TPSA) is 82.7 Å². The second-order valence-electron chi connectivity index (χ2n) is 2.57. The summed E-state index contributed by atoms with van der Waals surface area (Å²) in [4.78, 5) is 11.2. The van der Waals surface area contributed by atoms with Crippen LogP contribution < -0.4 is 10.6 Å². The minimum absolute atomic E-state index is 0.190. The summed E-state index contributed by atoms with van der Waals surface area (Å²) in [6, 6.07) is 0. The molecule has 13 heavy (non-hydrogen) atoms. The maximum Gasteiger partial charge on any atom is 0.273 e. The van der Waals surface area contributed by atoms with Crippen LogP contribution in [0.2, 0.25) is 0 Å². The van der Waals surface area contributed by atoms with Crippen LogP contribution in [0.25, 0.3) is 0 Å². The van der Waals surface area contributed by atoms with E-state index in [1.807, 2.05) is 7.05 Å². The van der Waals surface area contributed by atoms with E-state index < -0.39 is 0 Å². The number of aromatic nitrogens is 3. The molecule has 0 aromatic carbocycles. The zero-order chi connectivity index (χ0) is 9.52. The molecule has 1 aromatic rings. The minimum Gasteiger partial charge on any atom is -0.351 e. The van der Waals surface area contributed by atoms with Crippen LogP contribution in [-0.4, -0.2) is 41.5 Å². The first-order valence-corrected chi connectivity index (χ1v) is 4.13. The summed E-state index contributed by atoms with van der Waals surface area (Å²) >= 11 is 0. The maximum absolute atomic E-state index is 11.2. The Morgan fingerprint density at radius 3 is 3.08 bits per heavy atom. The Bertz CT molecular complexity index is 245. The lowest BCUT2D eigenvalue weighted by atomic mass is 10.4. The molecule has 0 atom stereocenters. The van der Waals surface area contributed by atoms with Crippen molar-refractivity contribution in [2.75, 3.05) is 20.1 Å². The molecule has 0 saturated carbocycles. The lowest BCUT2D eigenvalue weighted by Gasteiger charge is -2.01. The van der Waals surface area contributed by atoms with Gasteiger partial charge in [-0.2, -0.15) is 15.4 Å². The quantitative estimate of drug-likeness (QED) is 0.519. The van der Waals surface area contributed by atoms with Gasteiger partial charge in [0.2, 0.25) is 0 Å². The number of carbonyl (C=O) groups is 1. The van der Waals surface area contributed by atoms with Crippen LogP contribution in [-0.2, 0) is 0 Å². The summed E-state index contributed by atoms with van der Waals surface area (Å²) < 4.78 is 0. The lowest BCUT2D eigenvalue weighted by molar-refractivity contribution is 0.0948. The number of carbonyl (C=O) groups excluding carboxylic acids is 1. The van der Waals surface area contributed by atoms with Crippen LogP contribution >= 0.6 is 0 Å². The third-order valence-electron chi connectivity index (χ3n) is 1.54. The third kappa shape index (κ3) is 3.20. The molecule has 0 bridgehead atoms. The first-order chi connectivity index (χ1) is 6.34. The van der Waals surface area contributed by atoms with E-state index in [4.69, 9.17) is 0 Å². The Morgan fingerprint density at radius 2 is 2.46 bits per heavy atom. The summed E-state index contributed by atoms with van der Waals surface area (Å²) in [5.41, 5.74) is 0.324. The van der Waals surface area contributed by atoms with E-state index in [0.29, 0.717) is 12.2 Å². The van der Waals surface area contributed by atoms with Gasteiger partial charge in [0.15, 0.2) is 5.69 Å². The zero-order valence-corrected chi connectivity index (χ0v) is 7.50. The third-order valence-corrected chi connectivity index (χ3v) is 1.54. The predicted molar refractivity (Wildman–Crippen MR) is 47.3 cm³/mol. The number of hydrogen-bond donors (Lipinski definition) is 3. The lowest BCUT2D eigenvalue weighted by Crippen LogP contribution is -2.26. The molecule has 1 aromatic heterocycles. The standard InChI is InChI=1S/C7H13N5O/c1-8-3-2-4-9-7(13)6-5-10-12-11-6/h5,8H,2-4H2,1H3,(H,9,13)(H,10,11,12). The molecule has 0 aliphatic carbocycles. The average Bonchev–Trinajstić information content (AvgIpc) is 2.65. The van der Waals surface area contributed by atoms with Crippen LogP contribution in [0.15, 0.2) is 6.20 Å². The number of nitrogens with zero attached hydrogens (tertiary/aromatic N) is 2. The molecule has 1 amide bonds. The van der Waals surface area contributed by atoms with E-state index in [9.17, 15) is 4.79 Å². The van der Waals surface area contributed by atoms with Crippen molar-refractivity contribution < 1.29 is 4.79 Å². The number of hydrogen-bond acceptors (Lipinski definition) is 4. The Hall–Kier alpha value is -1.43. The van der Waals surface area contributed by atoms with Crippen molar-refractivity contribution in [3.8, 4) is 0 Å². The monoisotopic (exact) mass is 183 g/mol. The van der Waals surface area contributed by atoms with Crippen molar-refractivity contribution in [2.45, 2.75) is 6.42 Å². The SMILES string of the molecule is CNCCCNC(=O)c1cn[nH]n1. The van der Waals surface area contributed by atoms with Crippen LogP contribution in [0, 0.1) is 0 Å². The van der Waals surface area contributed by atoms with Crippen LogP contribution in [0.3, 0.4) is 0 Å². The largest absolute Gasteiger partial charge is 0.351 e. The molecule has 0 aliphatic heterocycles. The van der Waals surface area contributed by atoms with Gasteiger partial charge in [-0.05, 0) is 20.0 Å². The van der Waals surface area contributed by atoms with Crippen molar-refractivity contribution in [1.82, 2.24) is 26.0 Å². The number of H-pyrrole nitrogens is 1. The molecular weight excluding hydrogens is 170 g/mol. The fourth-order valence-corrected chi connectivity index (χ4v) is 0.869. The van der Waals surface area contributed by atoms with E-state index in [2.05, 4.69) is 26.0 Å². The zero-order valence-electron chi connectivity index (χ0n) is 7.50. The Kier molecular flexibility index (Phi) is 3.90. The molecule has 0 fully saturated rings. The maximum atomic E-state index is 11.2. The summed E-state index contributed by atoms with van der Waals surface area (Å²) in [6.07, 6.45) is 2.30. The van der Waals surface area contributed by atoms with E-state index in [1.54, 1.807) is 0 Å². The highest BCUT2D eigenvalue weighted by molar-refractivity contribution is 5.91.